The highest BCUT2D eigenvalue weighted by molar-refractivity contribution is 14.0. The minimum Gasteiger partial charge on any atom is -0.353 e. The van der Waals surface area contributed by atoms with Crippen LogP contribution in [0.5, 0.6) is 0 Å². The third-order valence-corrected chi connectivity index (χ3v) is 4.71. The van der Waals surface area contributed by atoms with E-state index in [1.807, 2.05) is 25.4 Å². The van der Waals surface area contributed by atoms with Crippen molar-refractivity contribution in [1.82, 2.24) is 20.1 Å². The van der Waals surface area contributed by atoms with Gasteiger partial charge < -0.3 is 20.0 Å². The van der Waals surface area contributed by atoms with Crippen LogP contribution >= 0.6 is 24.0 Å². The van der Waals surface area contributed by atoms with Crippen LogP contribution in [0.1, 0.15) is 11.1 Å². The molecule has 0 spiro atoms. The number of aromatic nitrogens is 1. The molecule has 1 saturated heterocycles. The number of anilines is 1. The summed E-state index contributed by atoms with van der Waals surface area (Å²) < 4.78 is 0. The van der Waals surface area contributed by atoms with Crippen molar-refractivity contribution in [1.29, 1.82) is 0 Å². The Kier molecular flexibility index (Phi) is 8.98. The van der Waals surface area contributed by atoms with E-state index >= 15 is 0 Å². The van der Waals surface area contributed by atoms with Gasteiger partial charge >= 0.3 is 0 Å². The van der Waals surface area contributed by atoms with Gasteiger partial charge in [-0.1, -0.05) is 30.3 Å². The van der Waals surface area contributed by atoms with Crippen LogP contribution in [0.3, 0.4) is 0 Å². The first-order valence-electron chi connectivity index (χ1n) is 9.50. The van der Waals surface area contributed by atoms with Crippen molar-refractivity contribution in [2.24, 2.45) is 4.99 Å². The average Bonchev–Trinajstić information content (AvgIpc) is 2.69. The molecule has 2 aromatic rings. The number of hydrogen-bond acceptors (Lipinski definition) is 4. The lowest BCUT2D eigenvalue weighted by atomic mass is 10.1. The third-order valence-electron chi connectivity index (χ3n) is 4.71. The molecule has 152 valence electrons. The van der Waals surface area contributed by atoms with Crippen molar-refractivity contribution in [3.05, 3.63) is 59.8 Å². The lowest BCUT2D eigenvalue weighted by molar-refractivity contribution is 0.371. The van der Waals surface area contributed by atoms with Crippen LogP contribution in [0, 0.1) is 0 Å². The van der Waals surface area contributed by atoms with Gasteiger partial charge in [0.15, 0.2) is 5.96 Å². The zero-order chi connectivity index (χ0) is 19.1. The predicted molar refractivity (Wildman–Crippen MR) is 127 cm³/mol. The molecule has 0 amide bonds. The quantitative estimate of drug-likeness (QED) is 0.394. The molecular weight excluding hydrogens is 463 g/mol. The second-order valence-electron chi connectivity index (χ2n) is 7.12. The molecule has 28 heavy (non-hydrogen) atoms. The zero-order valence-corrected chi connectivity index (χ0v) is 19.3. The van der Waals surface area contributed by atoms with Gasteiger partial charge in [0.25, 0.3) is 0 Å². The van der Waals surface area contributed by atoms with Crippen molar-refractivity contribution in [3.8, 4) is 0 Å². The molecule has 1 aromatic heterocycles. The number of aliphatic imine (C=N–C) groups is 1. The molecule has 1 aromatic carbocycles. The van der Waals surface area contributed by atoms with Crippen molar-refractivity contribution >= 4 is 35.8 Å². The maximum atomic E-state index is 4.48. The predicted octanol–water partition coefficient (Wildman–Crippen LogP) is 2.66. The van der Waals surface area contributed by atoms with Crippen molar-refractivity contribution in [2.45, 2.75) is 13.1 Å². The maximum absolute atomic E-state index is 4.48. The first-order valence-corrected chi connectivity index (χ1v) is 9.50. The van der Waals surface area contributed by atoms with Gasteiger partial charge in [0, 0.05) is 52.5 Å². The summed E-state index contributed by atoms with van der Waals surface area (Å²) in [7, 11) is 6.05. The normalized spacial score (nSPS) is 14.8. The summed E-state index contributed by atoms with van der Waals surface area (Å²) in [6.07, 6.45) is 1.85. The second-order valence-corrected chi connectivity index (χ2v) is 7.12. The van der Waals surface area contributed by atoms with Crippen LogP contribution in [0.4, 0.5) is 5.82 Å². The summed E-state index contributed by atoms with van der Waals surface area (Å²) >= 11 is 0. The van der Waals surface area contributed by atoms with E-state index in [4.69, 9.17) is 0 Å². The van der Waals surface area contributed by atoms with Gasteiger partial charge in [-0.25, -0.2) is 4.98 Å². The highest BCUT2D eigenvalue weighted by Crippen LogP contribution is 2.13. The number of benzene rings is 1. The number of guanidine groups is 1. The van der Waals surface area contributed by atoms with Crippen molar-refractivity contribution in [3.63, 3.8) is 0 Å². The molecule has 2 heterocycles. The fourth-order valence-electron chi connectivity index (χ4n) is 3.40. The SMILES string of the molecule is CN=C(NCc1cccc(CN(C)C)c1)N1CCN(c2ccccn2)CC1.I. The number of rotatable bonds is 5. The number of nitrogens with zero attached hydrogens (tertiary/aromatic N) is 5. The van der Waals surface area contributed by atoms with Crippen LogP contribution < -0.4 is 10.2 Å². The summed E-state index contributed by atoms with van der Waals surface area (Å²) in [5.41, 5.74) is 2.61. The van der Waals surface area contributed by atoms with Crippen molar-refractivity contribution in [2.75, 3.05) is 52.2 Å². The smallest absolute Gasteiger partial charge is 0.194 e. The van der Waals surface area contributed by atoms with Crippen LogP contribution in [0.25, 0.3) is 0 Å². The van der Waals surface area contributed by atoms with Crippen LogP contribution in [0.15, 0.2) is 53.7 Å². The van der Waals surface area contributed by atoms with E-state index in [0.717, 1.165) is 51.0 Å². The Morgan fingerprint density at radius 2 is 1.82 bits per heavy atom. The summed E-state index contributed by atoms with van der Waals surface area (Å²) in [5, 5.41) is 3.52. The molecule has 1 aliphatic heterocycles. The van der Waals surface area contributed by atoms with Gasteiger partial charge in [0.2, 0.25) is 0 Å². The Morgan fingerprint density at radius 3 is 2.46 bits per heavy atom. The molecule has 1 fully saturated rings. The zero-order valence-electron chi connectivity index (χ0n) is 17.0. The van der Waals surface area contributed by atoms with E-state index < -0.39 is 0 Å². The molecule has 0 bridgehead atoms. The second kappa shape index (κ2) is 11.2. The van der Waals surface area contributed by atoms with E-state index in [-0.39, 0.29) is 24.0 Å². The monoisotopic (exact) mass is 494 g/mol. The summed E-state index contributed by atoms with van der Waals surface area (Å²) in [6.45, 7) is 5.53. The molecule has 0 radical (unpaired) electrons. The van der Waals surface area contributed by atoms with Crippen molar-refractivity contribution < 1.29 is 0 Å². The molecule has 0 atom stereocenters. The van der Waals surface area contributed by atoms with E-state index in [0.29, 0.717) is 0 Å². The van der Waals surface area contributed by atoms with E-state index in [2.05, 4.69) is 74.4 Å². The Balaban J connectivity index is 0.00000280. The number of piperazine rings is 1. The molecule has 0 saturated carbocycles. The van der Waals surface area contributed by atoms with Crippen LogP contribution in [-0.4, -0.2) is 68.1 Å². The summed E-state index contributed by atoms with van der Waals surface area (Å²) in [5.74, 6) is 2.02. The van der Waals surface area contributed by atoms with E-state index in [1.165, 1.54) is 11.1 Å². The van der Waals surface area contributed by atoms with Gasteiger partial charge in [-0.05, 0) is 37.4 Å². The van der Waals surface area contributed by atoms with Gasteiger partial charge in [-0.3, -0.25) is 4.99 Å². The highest BCUT2D eigenvalue weighted by Gasteiger charge is 2.20. The molecular formula is C21H31IN6. The first-order chi connectivity index (χ1) is 13.2. The Hall–Kier alpha value is -1.87. The minimum atomic E-state index is 0. The van der Waals surface area contributed by atoms with Crippen LogP contribution in [0.2, 0.25) is 0 Å². The molecule has 1 aliphatic rings. The van der Waals surface area contributed by atoms with Gasteiger partial charge in [-0.2, -0.15) is 0 Å². The molecule has 0 unspecified atom stereocenters. The number of nitrogens with one attached hydrogen (secondary N) is 1. The minimum absolute atomic E-state index is 0. The number of halogens is 1. The molecule has 3 rings (SSSR count). The van der Waals surface area contributed by atoms with Gasteiger partial charge in [0.05, 0.1) is 0 Å². The van der Waals surface area contributed by atoms with E-state index in [1.54, 1.807) is 0 Å². The highest BCUT2D eigenvalue weighted by atomic mass is 127. The molecule has 0 aliphatic carbocycles. The molecule has 7 heteroatoms. The lowest BCUT2D eigenvalue weighted by Gasteiger charge is -2.37. The van der Waals surface area contributed by atoms with Gasteiger partial charge in [0.1, 0.15) is 5.82 Å². The fourth-order valence-corrected chi connectivity index (χ4v) is 3.40. The van der Waals surface area contributed by atoms with Gasteiger partial charge in [-0.15, -0.1) is 24.0 Å². The van der Waals surface area contributed by atoms with E-state index in [9.17, 15) is 0 Å². The Labute approximate surface area is 185 Å². The number of hydrogen-bond donors (Lipinski definition) is 1. The Bertz CT molecular complexity index is 742. The summed E-state index contributed by atoms with van der Waals surface area (Å²) in [6, 6.07) is 14.8. The third kappa shape index (κ3) is 6.34. The topological polar surface area (TPSA) is 47.0 Å². The van der Waals surface area contributed by atoms with Crippen LogP contribution in [-0.2, 0) is 13.1 Å². The molecule has 1 N–H and O–H groups in total. The average molecular weight is 494 g/mol. The maximum Gasteiger partial charge on any atom is 0.194 e. The Morgan fingerprint density at radius 1 is 1.07 bits per heavy atom. The lowest BCUT2D eigenvalue weighted by Crippen LogP contribution is -2.52. The fraction of sp³-hybridized carbons (Fsp3) is 0.429. The standard InChI is InChI=1S/C21H30N6.HI/c1-22-21(24-16-18-7-6-8-19(15-18)17-25(2)3)27-13-11-26(12-14-27)20-9-4-5-10-23-20;/h4-10,15H,11-14,16-17H2,1-3H3,(H,22,24);1H. The summed E-state index contributed by atoms with van der Waals surface area (Å²) in [4.78, 5) is 15.8. The largest absolute Gasteiger partial charge is 0.353 e. The molecule has 6 nitrogen and oxygen atoms in total. The first kappa shape index (κ1) is 22.4. The number of pyridine rings is 1.